The Morgan fingerprint density at radius 3 is 2.34 bits per heavy atom. The van der Waals surface area contributed by atoms with E-state index in [1.165, 1.54) is 5.56 Å². The SMILES string of the molecule is CCc1ccc(CN(Cc2cccnc2)C(=O)/C=C/c2c(C)nn(C)c2C)cc1. The van der Waals surface area contributed by atoms with Crippen LogP contribution in [0.25, 0.3) is 6.08 Å². The minimum atomic E-state index is -0.0314. The van der Waals surface area contributed by atoms with Crippen LogP contribution in [0.3, 0.4) is 0 Å². The number of aryl methyl sites for hydroxylation is 3. The second-order valence-electron chi connectivity index (χ2n) is 7.27. The third-order valence-corrected chi connectivity index (χ3v) is 5.17. The van der Waals surface area contributed by atoms with Crippen molar-refractivity contribution in [2.45, 2.75) is 40.3 Å². The molecule has 2 heterocycles. The molecule has 0 radical (unpaired) electrons. The van der Waals surface area contributed by atoms with Crippen molar-refractivity contribution in [2.24, 2.45) is 7.05 Å². The number of aromatic nitrogens is 3. The number of hydrogen-bond donors (Lipinski definition) is 0. The minimum absolute atomic E-state index is 0.0314. The Bertz CT molecular complexity index is 988. The summed E-state index contributed by atoms with van der Waals surface area (Å²) in [6.07, 6.45) is 8.07. The van der Waals surface area contributed by atoms with Crippen LogP contribution < -0.4 is 0 Å². The molecule has 0 unspecified atom stereocenters. The topological polar surface area (TPSA) is 51.0 Å². The third kappa shape index (κ3) is 5.19. The van der Waals surface area contributed by atoms with E-state index in [9.17, 15) is 4.79 Å². The third-order valence-electron chi connectivity index (χ3n) is 5.17. The molecule has 0 saturated carbocycles. The molecule has 0 aliphatic heterocycles. The molecule has 3 aromatic rings. The van der Waals surface area contributed by atoms with Gasteiger partial charge in [0, 0.05) is 49.9 Å². The lowest BCUT2D eigenvalue weighted by molar-refractivity contribution is -0.127. The molecule has 0 atom stereocenters. The van der Waals surface area contributed by atoms with Gasteiger partial charge in [-0.25, -0.2) is 0 Å². The molecular weight excluding hydrogens is 360 g/mol. The Morgan fingerprint density at radius 2 is 1.76 bits per heavy atom. The average Bonchev–Trinajstić information content (AvgIpc) is 2.98. The highest BCUT2D eigenvalue weighted by atomic mass is 16.2. The molecule has 1 aromatic carbocycles. The zero-order valence-electron chi connectivity index (χ0n) is 17.6. The van der Waals surface area contributed by atoms with Crippen LogP contribution in [-0.2, 0) is 31.4 Å². The van der Waals surface area contributed by atoms with Crippen molar-refractivity contribution in [3.63, 3.8) is 0 Å². The summed E-state index contributed by atoms with van der Waals surface area (Å²) in [5.74, 6) is -0.0314. The number of pyridine rings is 1. The highest BCUT2D eigenvalue weighted by Crippen LogP contribution is 2.16. The first-order valence-corrected chi connectivity index (χ1v) is 9.91. The van der Waals surface area contributed by atoms with Crippen molar-refractivity contribution in [1.82, 2.24) is 19.7 Å². The van der Waals surface area contributed by atoms with Gasteiger partial charge in [-0.3, -0.25) is 14.5 Å². The van der Waals surface area contributed by atoms with Gasteiger partial charge in [0.1, 0.15) is 0 Å². The molecular formula is C24H28N4O. The second-order valence-corrected chi connectivity index (χ2v) is 7.27. The maximum absolute atomic E-state index is 13.1. The molecule has 0 N–H and O–H groups in total. The molecule has 0 spiro atoms. The van der Waals surface area contributed by atoms with E-state index in [0.717, 1.165) is 34.5 Å². The lowest BCUT2D eigenvalue weighted by Gasteiger charge is -2.21. The van der Waals surface area contributed by atoms with Crippen molar-refractivity contribution in [3.8, 4) is 0 Å². The Balaban J connectivity index is 1.82. The molecule has 0 fully saturated rings. The van der Waals surface area contributed by atoms with Gasteiger partial charge in [0.25, 0.3) is 0 Å². The summed E-state index contributed by atoms with van der Waals surface area (Å²) in [5, 5.41) is 4.42. The highest BCUT2D eigenvalue weighted by Gasteiger charge is 2.14. The number of rotatable bonds is 7. The summed E-state index contributed by atoms with van der Waals surface area (Å²) in [5.41, 5.74) is 6.37. The van der Waals surface area contributed by atoms with E-state index >= 15 is 0 Å². The average molecular weight is 389 g/mol. The number of nitrogens with zero attached hydrogens (tertiary/aromatic N) is 4. The first-order valence-electron chi connectivity index (χ1n) is 9.91. The van der Waals surface area contributed by atoms with Gasteiger partial charge in [-0.1, -0.05) is 37.3 Å². The van der Waals surface area contributed by atoms with Gasteiger partial charge in [0.15, 0.2) is 0 Å². The molecule has 2 aromatic heterocycles. The van der Waals surface area contributed by atoms with E-state index in [2.05, 4.69) is 41.3 Å². The summed E-state index contributed by atoms with van der Waals surface area (Å²) < 4.78 is 1.84. The predicted octanol–water partition coefficient (Wildman–Crippen LogP) is 4.24. The van der Waals surface area contributed by atoms with Gasteiger partial charge in [0.05, 0.1) is 5.69 Å². The maximum atomic E-state index is 13.1. The van der Waals surface area contributed by atoms with Crippen molar-refractivity contribution in [1.29, 1.82) is 0 Å². The zero-order chi connectivity index (χ0) is 20.8. The van der Waals surface area contributed by atoms with E-state index < -0.39 is 0 Å². The number of amides is 1. The molecule has 150 valence electrons. The normalized spacial score (nSPS) is 11.2. The zero-order valence-corrected chi connectivity index (χ0v) is 17.6. The largest absolute Gasteiger partial charge is 0.330 e. The van der Waals surface area contributed by atoms with Crippen LogP contribution in [0.1, 0.15) is 40.6 Å². The lowest BCUT2D eigenvalue weighted by Crippen LogP contribution is -2.28. The van der Waals surface area contributed by atoms with E-state index in [1.54, 1.807) is 18.5 Å². The van der Waals surface area contributed by atoms with Crippen LogP contribution in [0.15, 0.2) is 54.9 Å². The van der Waals surface area contributed by atoms with Crippen LogP contribution in [0.4, 0.5) is 0 Å². The summed E-state index contributed by atoms with van der Waals surface area (Å²) in [6, 6.07) is 12.3. The van der Waals surface area contributed by atoms with E-state index in [0.29, 0.717) is 13.1 Å². The summed E-state index contributed by atoms with van der Waals surface area (Å²) in [4.78, 5) is 19.1. The summed E-state index contributed by atoms with van der Waals surface area (Å²) in [7, 11) is 1.91. The monoisotopic (exact) mass is 388 g/mol. The first kappa shape index (κ1) is 20.5. The van der Waals surface area contributed by atoms with E-state index in [4.69, 9.17) is 0 Å². The Labute approximate surface area is 172 Å². The Morgan fingerprint density at radius 1 is 1.07 bits per heavy atom. The molecule has 0 saturated heterocycles. The van der Waals surface area contributed by atoms with Crippen molar-refractivity contribution in [2.75, 3.05) is 0 Å². The summed E-state index contributed by atoms with van der Waals surface area (Å²) >= 11 is 0. The molecule has 1 amide bonds. The number of benzene rings is 1. The fraction of sp³-hybridized carbons (Fsp3) is 0.292. The molecule has 29 heavy (non-hydrogen) atoms. The first-order chi connectivity index (χ1) is 14.0. The van der Waals surface area contributed by atoms with E-state index in [-0.39, 0.29) is 5.91 Å². The second kappa shape index (κ2) is 9.32. The maximum Gasteiger partial charge on any atom is 0.247 e. The van der Waals surface area contributed by atoms with Crippen molar-refractivity contribution < 1.29 is 4.79 Å². The van der Waals surface area contributed by atoms with E-state index in [1.807, 2.05) is 48.7 Å². The quantitative estimate of drug-likeness (QED) is 0.569. The fourth-order valence-corrected chi connectivity index (χ4v) is 3.32. The van der Waals surface area contributed by atoms with Crippen molar-refractivity contribution >= 4 is 12.0 Å². The van der Waals surface area contributed by atoms with Crippen LogP contribution in [0, 0.1) is 13.8 Å². The number of carbonyl (C=O) groups excluding carboxylic acids is 1. The fourth-order valence-electron chi connectivity index (χ4n) is 3.32. The molecule has 3 rings (SSSR count). The lowest BCUT2D eigenvalue weighted by atomic mass is 10.1. The Hall–Kier alpha value is -3.21. The van der Waals surface area contributed by atoms with Crippen LogP contribution in [0.5, 0.6) is 0 Å². The van der Waals surface area contributed by atoms with Gasteiger partial charge >= 0.3 is 0 Å². The molecule has 0 aliphatic carbocycles. The van der Waals surface area contributed by atoms with Gasteiger partial charge in [-0.2, -0.15) is 5.10 Å². The molecule has 5 nitrogen and oxygen atoms in total. The van der Waals surface area contributed by atoms with Gasteiger partial charge < -0.3 is 4.90 Å². The van der Waals surface area contributed by atoms with Crippen LogP contribution >= 0.6 is 0 Å². The minimum Gasteiger partial charge on any atom is -0.330 e. The predicted molar refractivity (Wildman–Crippen MR) is 116 cm³/mol. The number of carbonyl (C=O) groups is 1. The molecule has 5 heteroatoms. The highest BCUT2D eigenvalue weighted by molar-refractivity contribution is 5.92. The molecule has 0 bridgehead atoms. The Kier molecular flexibility index (Phi) is 6.60. The number of hydrogen-bond acceptors (Lipinski definition) is 3. The van der Waals surface area contributed by atoms with Crippen LogP contribution in [-0.4, -0.2) is 25.6 Å². The summed E-state index contributed by atoms with van der Waals surface area (Å²) in [6.45, 7) is 7.16. The standard InChI is InChI=1S/C24H28N4O/c1-5-20-8-10-21(11-9-20)16-28(17-22-7-6-14-25-15-22)24(29)13-12-23-18(2)26-27(4)19(23)3/h6-15H,5,16-17H2,1-4H3/b13-12+. The smallest absolute Gasteiger partial charge is 0.247 e. The van der Waals surface area contributed by atoms with Gasteiger partial charge in [-0.05, 0) is 49.1 Å². The molecule has 0 aliphatic rings. The van der Waals surface area contributed by atoms with Crippen LogP contribution in [0.2, 0.25) is 0 Å². The van der Waals surface area contributed by atoms with Crippen molar-refractivity contribution in [3.05, 3.63) is 88.5 Å². The van der Waals surface area contributed by atoms with Gasteiger partial charge in [-0.15, -0.1) is 0 Å². The van der Waals surface area contributed by atoms with Gasteiger partial charge in [0.2, 0.25) is 5.91 Å².